The van der Waals surface area contributed by atoms with Crippen LogP contribution in [0.1, 0.15) is 17.9 Å². The van der Waals surface area contributed by atoms with Gasteiger partial charge in [0.1, 0.15) is 11.5 Å². The molecule has 108 valence electrons. The third kappa shape index (κ3) is 7.12. The minimum absolute atomic E-state index is 0.121. The summed E-state index contributed by atoms with van der Waals surface area (Å²) in [6.07, 6.45) is 0.962. The van der Waals surface area contributed by atoms with Gasteiger partial charge in [-0.2, -0.15) is 11.8 Å². The van der Waals surface area contributed by atoms with Crippen LogP contribution in [0.3, 0.4) is 0 Å². The summed E-state index contributed by atoms with van der Waals surface area (Å²) in [7, 11) is 5.67. The van der Waals surface area contributed by atoms with Crippen LogP contribution in [0.5, 0.6) is 0 Å². The van der Waals surface area contributed by atoms with Gasteiger partial charge in [0.15, 0.2) is 0 Å². The van der Waals surface area contributed by atoms with E-state index in [1.54, 1.807) is 7.05 Å². The van der Waals surface area contributed by atoms with Gasteiger partial charge >= 0.3 is 6.03 Å². The predicted molar refractivity (Wildman–Crippen MR) is 79.3 cm³/mol. The van der Waals surface area contributed by atoms with E-state index in [9.17, 15) is 4.79 Å². The van der Waals surface area contributed by atoms with Gasteiger partial charge in [0, 0.05) is 13.6 Å². The fourth-order valence-electron chi connectivity index (χ4n) is 1.53. The zero-order valence-corrected chi connectivity index (χ0v) is 12.7. The second-order valence-electron chi connectivity index (χ2n) is 4.52. The summed E-state index contributed by atoms with van der Waals surface area (Å²) in [6, 6.07) is 3.95. The van der Waals surface area contributed by atoms with Crippen LogP contribution in [0, 0.1) is 0 Å². The Morgan fingerprint density at radius 1 is 1.37 bits per heavy atom. The molecule has 0 spiro atoms. The molecule has 0 aliphatic heterocycles. The molecule has 1 aromatic rings. The van der Waals surface area contributed by atoms with Crippen molar-refractivity contribution in [3.8, 4) is 0 Å². The van der Waals surface area contributed by atoms with Gasteiger partial charge in [-0.15, -0.1) is 0 Å². The molecule has 0 saturated carbocycles. The maximum Gasteiger partial charge on any atom is 0.314 e. The first-order valence-electron chi connectivity index (χ1n) is 6.37. The molecule has 1 rings (SSSR count). The van der Waals surface area contributed by atoms with Crippen molar-refractivity contribution in [2.24, 2.45) is 0 Å². The Bertz CT molecular complexity index is 380. The molecular formula is C13H23N3O2S. The van der Waals surface area contributed by atoms with E-state index in [-0.39, 0.29) is 6.03 Å². The number of hydrogen-bond acceptors (Lipinski definition) is 4. The first kappa shape index (κ1) is 15.9. The van der Waals surface area contributed by atoms with Crippen molar-refractivity contribution in [2.45, 2.75) is 18.7 Å². The van der Waals surface area contributed by atoms with Crippen LogP contribution < -0.4 is 10.6 Å². The second kappa shape index (κ2) is 8.87. The molecule has 2 N–H and O–H groups in total. The Kier molecular flexibility index (Phi) is 7.43. The molecule has 0 saturated heterocycles. The second-order valence-corrected chi connectivity index (χ2v) is 5.62. The van der Waals surface area contributed by atoms with Crippen molar-refractivity contribution in [1.82, 2.24) is 15.5 Å². The molecular weight excluding hydrogens is 262 g/mol. The lowest BCUT2D eigenvalue weighted by Gasteiger charge is -2.06. The van der Waals surface area contributed by atoms with E-state index < -0.39 is 0 Å². The van der Waals surface area contributed by atoms with Crippen LogP contribution in [0.4, 0.5) is 4.79 Å². The average Bonchev–Trinajstić information content (AvgIpc) is 2.79. The summed E-state index contributed by atoms with van der Waals surface area (Å²) >= 11 is 1.82. The quantitative estimate of drug-likeness (QED) is 0.716. The highest BCUT2D eigenvalue weighted by atomic mass is 32.2. The van der Waals surface area contributed by atoms with Crippen LogP contribution in [0.15, 0.2) is 16.5 Å². The van der Waals surface area contributed by atoms with Gasteiger partial charge in [0.2, 0.25) is 0 Å². The van der Waals surface area contributed by atoms with E-state index in [1.165, 1.54) is 0 Å². The van der Waals surface area contributed by atoms with E-state index >= 15 is 0 Å². The van der Waals surface area contributed by atoms with Gasteiger partial charge < -0.3 is 20.0 Å². The highest BCUT2D eigenvalue weighted by Gasteiger charge is 2.03. The number of thioether (sulfide) groups is 1. The summed E-state index contributed by atoms with van der Waals surface area (Å²) in [6.45, 7) is 1.54. The van der Waals surface area contributed by atoms with Crippen molar-refractivity contribution >= 4 is 17.8 Å². The van der Waals surface area contributed by atoms with E-state index in [1.807, 2.05) is 38.0 Å². The Balaban J connectivity index is 2.09. The number of urea groups is 1. The summed E-state index contributed by atoms with van der Waals surface area (Å²) in [5.41, 5.74) is 0. The lowest BCUT2D eigenvalue weighted by Crippen LogP contribution is -2.33. The first-order chi connectivity index (χ1) is 9.11. The normalized spacial score (nSPS) is 10.7. The number of rotatable bonds is 8. The summed E-state index contributed by atoms with van der Waals surface area (Å²) in [5.74, 6) is 3.91. The van der Waals surface area contributed by atoms with E-state index in [0.29, 0.717) is 6.54 Å². The largest absolute Gasteiger partial charge is 0.464 e. The SMILES string of the molecule is CNC(=O)NCCCSCc1ccc(CN(C)C)o1. The van der Waals surface area contributed by atoms with Crippen LogP contribution in [0.25, 0.3) is 0 Å². The molecule has 0 radical (unpaired) electrons. The Hall–Kier alpha value is -1.14. The lowest BCUT2D eigenvalue weighted by atomic mass is 10.4. The minimum atomic E-state index is -0.121. The molecule has 0 unspecified atom stereocenters. The van der Waals surface area contributed by atoms with Crippen molar-refractivity contribution in [3.63, 3.8) is 0 Å². The molecule has 1 aromatic heterocycles. The number of carbonyl (C=O) groups excluding carboxylic acids is 1. The summed E-state index contributed by atoms with van der Waals surface area (Å²) in [5, 5.41) is 5.29. The standard InChI is InChI=1S/C13H23N3O2S/c1-14-13(17)15-7-4-8-19-10-12-6-5-11(18-12)9-16(2)3/h5-6H,4,7-10H2,1-3H3,(H2,14,15,17). The van der Waals surface area contributed by atoms with Crippen molar-refractivity contribution in [1.29, 1.82) is 0 Å². The van der Waals surface area contributed by atoms with Crippen molar-refractivity contribution < 1.29 is 9.21 Å². The van der Waals surface area contributed by atoms with Gasteiger partial charge in [-0.1, -0.05) is 0 Å². The maximum atomic E-state index is 10.9. The molecule has 0 bridgehead atoms. The highest BCUT2D eigenvalue weighted by Crippen LogP contribution is 2.16. The number of amides is 2. The van der Waals surface area contributed by atoms with Gasteiger partial charge in [0.05, 0.1) is 12.3 Å². The van der Waals surface area contributed by atoms with Gasteiger partial charge in [-0.3, -0.25) is 0 Å². The number of nitrogens with one attached hydrogen (secondary N) is 2. The number of carbonyl (C=O) groups is 1. The fourth-order valence-corrected chi connectivity index (χ4v) is 2.38. The minimum Gasteiger partial charge on any atom is -0.464 e. The van der Waals surface area contributed by atoms with Gasteiger partial charge in [-0.25, -0.2) is 4.79 Å². The smallest absolute Gasteiger partial charge is 0.314 e. The van der Waals surface area contributed by atoms with Crippen LogP contribution >= 0.6 is 11.8 Å². The fraction of sp³-hybridized carbons (Fsp3) is 0.615. The molecule has 0 aliphatic rings. The predicted octanol–water partition coefficient (Wildman–Crippen LogP) is 1.89. The summed E-state index contributed by atoms with van der Waals surface area (Å²) < 4.78 is 5.71. The molecule has 19 heavy (non-hydrogen) atoms. The highest BCUT2D eigenvalue weighted by molar-refractivity contribution is 7.98. The number of hydrogen-bond donors (Lipinski definition) is 2. The molecule has 0 atom stereocenters. The Morgan fingerprint density at radius 2 is 2.11 bits per heavy atom. The van der Waals surface area contributed by atoms with Gasteiger partial charge in [0.25, 0.3) is 0 Å². The number of nitrogens with zero attached hydrogens (tertiary/aromatic N) is 1. The Labute approximate surface area is 119 Å². The molecule has 1 heterocycles. The van der Waals surface area contributed by atoms with Gasteiger partial charge in [-0.05, 0) is 38.4 Å². The molecule has 0 fully saturated rings. The zero-order valence-electron chi connectivity index (χ0n) is 11.9. The van der Waals surface area contributed by atoms with E-state index in [4.69, 9.17) is 4.42 Å². The Morgan fingerprint density at radius 3 is 2.79 bits per heavy atom. The molecule has 6 heteroatoms. The molecule has 0 aliphatic carbocycles. The van der Waals surface area contributed by atoms with E-state index in [2.05, 4.69) is 15.5 Å². The molecule has 2 amide bonds. The van der Waals surface area contributed by atoms with Crippen LogP contribution in [0.2, 0.25) is 0 Å². The topological polar surface area (TPSA) is 57.5 Å². The maximum absolute atomic E-state index is 10.9. The van der Waals surface area contributed by atoms with Crippen LogP contribution in [-0.4, -0.2) is 44.4 Å². The average molecular weight is 285 g/mol. The van der Waals surface area contributed by atoms with Crippen LogP contribution in [-0.2, 0) is 12.3 Å². The summed E-state index contributed by atoms with van der Waals surface area (Å²) in [4.78, 5) is 13.0. The lowest BCUT2D eigenvalue weighted by molar-refractivity contribution is 0.243. The van der Waals surface area contributed by atoms with Crippen molar-refractivity contribution in [3.05, 3.63) is 23.7 Å². The third-order valence-corrected chi connectivity index (χ3v) is 3.48. The molecule has 0 aromatic carbocycles. The third-order valence-electron chi connectivity index (χ3n) is 2.41. The monoisotopic (exact) mass is 285 g/mol. The van der Waals surface area contributed by atoms with E-state index in [0.717, 1.165) is 36.0 Å². The molecule has 5 nitrogen and oxygen atoms in total. The first-order valence-corrected chi connectivity index (χ1v) is 7.53. The number of furan rings is 1. The van der Waals surface area contributed by atoms with Crippen molar-refractivity contribution in [2.75, 3.05) is 33.4 Å². The zero-order chi connectivity index (χ0) is 14.1.